The third-order valence-corrected chi connectivity index (χ3v) is 4.32. The zero-order valence-electron chi connectivity index (χ0n) is 14.2. The van der Waals surface area contributed by atoms with Gasteiger partial charge in [0.25, 0.3) is 0 Å². The van der Waals surface area contributed by atoms with E-state index in [9.17, 15) is 0 Å². The molecule has 0 atom stereocenters. The monoisotopic (exact) mass is 315 g/mol. The van der Waals surface area contributed by atoms with Crippen LogP contribution in [0.15, 0.2) is 18.5 Å². The van der Waals surface area contributed by atoms with Crippen LogP contribution >= 0.6 is 0 Å². The zero-order chi connectivity index (χ0) is 16.2. The van der Waals surface area contributed by atoms with Crippen molar-refractivity contribution in [3.05, 3.63) is 30.1 Å². The van der Waals surface area contributed by atoms with Crippen molar-refractivity contribution in [2.24, 2.45) is 0 Å². The van der Waals surface area contributed by atoms with Gasteiger partial charge in [-0.25, -0.2) is 9.97 Å². The second kappa shape index (κ2) is 7.04. The van der Waals surface area contributed by atoms with Crippen LogP contribution in [0.4, 0.5) is 5.95 Å². The number of nitrogens with zero attached hydrogens (tertiary/aromatic N) is 7. The lowest BCUT2D eigenvalue weighted by Crippen LogP contribution is -2.34. The third-order valence-electron chi connectivity index (χ3n) is 4.32. The molecule has 0 unspecified atom stereocenters. The first-order valence-corrected chi connectivity index (χ1v) is 8.27. The molecule has 7 nitrogen and oxygen atoms in total. The lowest BCUT2D eigenvalue weighted by molar-refractivity contribution is 0.377. The normalized spacial score (nSPS) is 16.3. The molecule has 7 heteroatoms. The van der Waals surface area contributed by atoms with Gasteiger partial charge < -0.3 is 14.4 Å². The van der Waals surface area contributed by atoms with Crippen LogP contribution in [-0.4, -0.2) is 56.8 Å². The molecular formula is C16H25N7. The molecule has 0 aromatic carbocycles. The van der Waals surface area contributed by atoms with Crippen molar-refractivity contribution < 1.29 is 0 Å². The summed E-state index contributed by atoms with van der Waals surface area (Å²) in [6, 6.07) is 1.85. The van der Waals surface area contributed by atoms with Crippen LogP contribution in [0.3, 0.4) is 0 Å². The number of hydrogen-bond acceptors (Lipinski definition) is 6. The first kappa shape index (κ1) is 15.9. The highest BCUT2D eigenvalue weighted by Crippen LogP contribution is 2.28. The molecule has 3 rings (SSSR count). The van der Waals surface area contributed by atoms with E-state index in [1.165, 1.54) is 0 Å². The summed E-state index contributed by atoms with van der Waals surface area (Å²) in [4.78, 5) is 13.1. The summed E-state index contributed by atoms with van der Waals surface area (Å²) >= 11 is 0. The van der Waals surface area contributed by atoms with Crippen molar-refractivity contribution in [1.82, 2.24) is 29.6 Å². The molecule has 3 heterocycles. The average Bonchev–Trinajstić information content (AvgIpc) is 2.97. The summed E-state index contributed by atoms with van der Waals surface area (Å²) in [6.07, 6.45) is 5.74. The quantitative estimate of drug-likeness (QED) is 0.834. The summed E-state index contributed by atoms with van der Waals surface area (Å²) in [5, 5.41) is 8.91. The van der Waals surface area contributed by atoms with Crippen LogP contribution in [-0.2, 0) is 13.1 Å². The fourth-order valence-corrected chi connectivity index (χ4v) is 3.19. The lowest BCUT2D eigenvalue weighted by atomic mass is 9.96. The minimum atomic E-state index is 0.471. The van der Waals surface area contributed by atoms with Gasteiger partial charge in [0.05, 0.1) is 6.54 Å². The largest absolute Gasteiger partial charge is 0.341 e. The van der Waals surface area contributed by atoms with Crippen LogP contribution in [0.2, 0.25) is 0 Å². The fraction of sp³-hybridized carbons (Fsp3) is 0.625. The van der Waals surface area contributed by atoms with Gasteiger partial charge in [-0.15, -0.1) is 10.2 Å². The Morgan fingerprint density at radius 1 is 1.13 bits per heavy atom. The SMILES string of the molecule is CCn1c(CN(C)C)nnc1C1CCN(c2ncccn2)CC1. The van der Waals surface area contributed by atoms with E-state index in [1.54, 1.807) is 12.4 Å². The van der Waals surface area contributed by atoms with Crippen molar-refractivity contribution in [3.63, 3.8) is 0 Å². The molecule has 23 heavy (non-hydrogen) atoms. The maximum absolute atomic E-state index is 4.50. The van der Waals surface area contributed by atoms with Gasteiger partial charge in [-0.3, -0.25) is 0 Å². The third kappa shape index (κ3) is 3.50. The van der Waals surface area contributed by atoms with E-state index in [-0.39, 0.29) is 0 Å². The van der Waals surface area contributed by atoms with E-state index < -0.39 is 0 Å². The Bertz CT molecular complexity index is 615. The highest BCUT2D eigenvalue weighted by atomic mass is 15.3. The van der Waals surface area contributed by atoms with Crippen LogP contribution in [0.5, 0.6) is 0 Å². The Morgan fingerprint density at radius 2 is 1.83 bits per heavy atom. The molecular weight excluding hydrogens is 290 g/mol. The van der Waals surface area contributed by atoms with Crippen molar-refractivity contribution in [3.8, 4) is 0 Å². The summed E-state index contributed by atoms with van der Waals surface area (Å²) in [5.74, 6) is 3.49. The number of piperidine rings is 1. The Kier molecular flexibility index (Phi) is 4.85. The van der Waals surface area contributed by atoms with E-state index in [2.05, 4.69) is 55.6 Å². The van der Waals surface area contributed by atoms with Crippen molar-refractivity contribution in [2.45, 2.75) is 38.8 Å². The van der Waals surface area contributed by atoms with E-state index in [0.717, 1.165) is 56.6 Å². The van der Waals surface area contributed by atoms with Crippen molar-refractivity contribution in [2.75, 3.05) is 32.1 Å². The van der Waals surface area contributed by atoms with E-state index >= 15 is 0 Å². The predicted molar refractivity (Wildman–Crippen MR) is 89.3 cm³/mol. The van der Waals surface area contributed by atoms with Crippen LogP contribution < -0.4 is 4.90 Å². The van der Waals surface area contributed by atoms with Gasteiger partial charge in [-0.1, -0.05) is 0 Å². The second-order valence-electron chi connectivity index (χ2n) is 6.27. The topological polar surface area (TPSA) is 63.0 Å². The van der Waals surface area contributed by atoms with Gasteiger partial charge in [0, 0.05) is 37.9 Å². The number of rotatable bonds is 5. The van der Waals surface area contributed by atoms with Gasteiger partial charge in [0.1, 0.15) is 11.6 Å². The van der Waals surface area contributed by atoms with E-state index in [4.69, 9.17) is 0 Å². The van der Waals surface area contributed by atoms with E-state index in [0.29, 0.717) is 5.92 Å². The zero-order valence-corrected chi connectivity index (χ0v) is 14.2. The summed E-state index contributed by atoms with van der Waals surface area (Å²) in [7, 11) is 4.12. The highest BCUT2D eigenvalue weighted by molar-refractivity contribution is 5.29. The molecule has 2 aromatic heterocycles. The average molecular weight is 315 g/mol. The summed E-state index contributed by atoms with van der Waals surface area (Å²) in [6.45, 7) is 5.85. The Morgan fingerprint density at radius 3 is 2.43 bits per heavy atom. The Hall–Kier alpha value is -2.02. The molecule has 1 fully saturated rings. The van der Waals surface area contributed by atoms with Gasteiger partial charge in [-0.2, -0.15) is 0 Å². The summed E-state index contributed by atoms with van der Waals surface area (Å²) < 4.78 is 2.28. The molecule has 1 aliphatic heterocycles. The molecule has 0 N–H and O–H groups in total. The molecule has 1 saturated heterocycles. The maximum atomic E-state index is 4.50. The number of aromatic nitrogens is 5. The molecule has 0 aliphatic carbocycles. The minimum absolute atomic E-state index is 0.471. The first-order valence-electron chi connectivity index (χ1n) is 8.27. The molecule has 0 amide bonds. The van der Waals surface area contributed by atoms with Crippen LogP contribution in [0, 0.1) is 0 Å². The second-order valence-corrected chi connectivity index (χ2v) is 6.27. The molecule has 0 spiro atoms. The summed E-state index contributed by atoms with van der Waals surface area (Å²) in [5.41, 5.74) is 0. The fourth-order valence-electron chi connectivity index (χ4n) is 3.19. The molecule has 124 valence electrons. The number of hydrogen-bond donors (Lipinski definition) is 0. The predicted octanol–water partition coefficient (Wildman–Crippen LogP) is 1.53. The lowest BCUT2D eigenvalue weighted by Gasteiger charge is -2.31. The van der Waals surface area contributed by atoms with Gasteiger partial charge in [-0.05, 0) is 39.9 Å². The highest BCUT2D eigenvalue weighted by Gasteiger charge is 2.26. The first-order chi connectivity index (χ1) is 11.2. The smallest absolute Gasteiger partial charge is 0.225 e. The number of anilines is 1. The molecule has 1 aliphatic rings. The minimum Gasteiger partial charge on any atom is -0.341 e. The molecule has 0 bridgehead atoms. The Labute approximate surface area is 137 Å². The maximum Gasteiger partial charge on any atom is 0.225 e. The van der Waals surface area contributed by atoms with Crippen LogP contribution in [0.1, 0.15) is 37.3 Å². The Balaban J connectivity index is 1.69. The molecule has 0 saturated carbocycles. The molecule has 0 radical (unpaired) electrons. The van der Waals surface area contributed by atoms with Gasteiger partial charge in [0.2, 0.25) is 5.95 Å². The van der Waals surface area contributed by atoms with Gasteiger partial charge >= 0.3 is 0 Å². The van der Waals surface area contributed by atoms with Crippen molar-refractivity contribution in [1.29, 1.82) is 0 Å². The van der Waals surface area contributed by atoms with E-state index in [1.807, 2.05) is 6.07 Å². The van der Waals surface area contributed by atoms with Crippen LogP contribution in [0.25, 0.3) is 0 Å². The van der Waals surface area contributed by atoms with Gasteiger partial charge in [0.15, 0.2) is 0 Å². The van der Waals surface area contributed by atoms with Crippen molar-refractivity contribution >= 4 is 5.95 Å². The molecule has 2 aromatic rings. The standard InChI is InChI=1S/C16H25N7/c1-4-23-14(12-21(2)3)19-20-15(23)13-6-10-22(11-7-13)16-17-8-5-9-18-16/h5,8-9,13H,4,6-7,10-12H2,1-3H3.